The highest BCUT2D eigenvalue weighted by molar-refractivity contribution is 5.82. The summed E-state index contributed by atoms with van der Waals surface area (Å²) >= 11 is 0. The standard InChI is InChI=1S/C15H10O3.C2H6/c16-11-6-7-12-14(8-11)18-9-13(15(12)17)10-4-2-1-3-5-10;1-2/h1-9,16H;1-2H3. The van der Waals surface area contributed by atoms with E-state index in [-0.39, 0.29) is 11.2 Å². The van der Waals surface area contributed by atoms with Crippen LogP contribution in [-0.4, -0.2) is 5.11 Å². The topological polar surface area (TPSA) is 50.4 Å². The molecule has 102 valence electrons. The van der Waals surface area contributed by atoms with Crippen molar-refractivity contribution in [3.05, 3.63) is 65.0 Å². The molecule has 0 aliphatic carbocycles. The van der Waals surface area contributed by atoms with Crippen LogP contribution in [0.1, 0.15) is 13.8 Å². The molecule has 0 atom stereocenters. The normalized spacial score (nSPS) is 9.90. The van der Waals surface area contributed by atoms with Crippen molar-refractivity contribution in [2.24, 2.45) is 0 Å². The van der Waals surface area contributed by atoms with Gasteiger partial charge in [0.25, 0.3) is 0 Å². The Balaban J connectivity index is 0.000000704. The summed E-state index contributed by atoms with van der Waals surface area (Å²) in [7, 11) is 0. The van der Waals surface area contributed by atoms with Gasteiger partial charge in [-0.1, -0.05) is 44.2 Å². The summed E-state index contributed by atoms with van der Waals surface area (Å²) in [5.74, 6) is 0.0816. The van der Waals surface area contributed by atoms with E-state index >= 15 is 0 Å². The molecule has 0 spiro atoms. The summed E-state index contributed by atoms with van der Waals surface area (Å²) in [6, 6.07) is 13.8. The fraction of sp³-hybridized carbons (Fsp3) is 0.118. The molecule has 0 saturated heterocycles. The Morgan fingerprint density at radius 1 is 1.00 bits per heavy atom. The number of aromatic hydroxyl groups is 1. The van der Waals surface area contributed by atoms with Crippen LogP contribution in [0.25, 0.3) is 22.1 Å². The number of hydrogen-bond acceptors (Lipinski definition) is 3. The second-order valence-corrected chi connectivity index (χ2v) is 4.02. The largest absolute Gasteiger partial charge is 0.508 e. The van der Waals surface area contributed by atoms with Crippen LogP contribution in [0, 0.1) is 0 Å². The smallest absolute Gasteiger partial charge is 0.200 e. The Kier molecular flexibility index (Phi) is 4.20. The monoisotopic (exact) mass is 268 g/mol. The molecule has 0 fully saturated rings. The van der Waals surface area contributed by atoms with Gasteiger partial charge in [0.15, 0.2) is 5.43 Å². The first kappa shape index (κ1) is 13.9. The molecule has 0 unspecified atom stereocenters. The number of hydrogen-bond donors (Lipinski definition) is 1. The van der Waals surface area contributed by atoms with Gasteiger partial charge < -0.3 is 9.52 Å². The molecule has 1 N–H and O–H groups in total. The number of phenolic OH excluding ortho intramolecular Hbond substituents is 1. The van der Waals surface area contributed by atoms with Crippen LogP contribution < -0.4 is 5.43 Å². The van der Waals surface area contributed by atoms with Crippen LogP contribution >= 0.6 is 0 Å². The molecule has 3 rings (SSSR count). The van der Waals surface area contributed by atoms with E-state index < -0.39 is 0 Å². The van der Waals surface area contributed by atoms with Crippen molar-refractivity contribution < 1.29 is 9.52 Å². The maximum Gasteiger partial charge on any atom is 0.200 e. The van der Waals surface area contributed by atoms with Crippen molar-refractivity contribution in [2.75, 3.05) is 0 Å². The van der Waals surface area contributed by atoms with Gasteiger partial charge in [0.2, 0.25) is 0 Å². The van der Waals surface area contributed by atoms with E-state index in [4.69, 9.17) is 4.42 Å². The molecular formula is C17H16O3. The third-order valence-electron chi connectivity index (χ3n) is 2.84. The lowest BCUT2D eigenvalue weighted by Crippen LogP contribution is -2.04. The number of benzene rings is 2. The fourth-order valence-corrected chi connectivity index (χ4v) is 1.93. The molecule has 3 aromatic rings. The molecule has 0 aliphatic rings. The summed E-state index contributed by atoms with van der Waals surface area (Å²) in [6.07, 6.45) is 1.43. The Morgan fingerprint density at radius 3 is 2.40 bits per heavy atom. The van der Waals surface area contributed by atoms with E-state index in [0.717, 1.165) is 5.56 Å². The molecule has 20 heavy (non-hydrogen) atoms. The average Bonchev–Trinajstić information content (AvgIpc) is 2.50. The van der Waals surface area contributed by atoms with E-state index in [1.165, 1.54) is 18.4 Å². The Morgan fingerprint density at radius 2 is 1.70 bits per heavy atom. The summed E-state index contributed by atoms with van der Waals surface area (Å²) in [6.45, 7) is 4.00. The van der Waals surface area contributed by atoms with E-state index in [9.17, 15) is 9.90 Å². The lowest BCUT2D eigenvalue weighted by molar-refractivity contribution is 0.474. The average molecular weight is 268 g/mol. The van der Waals surface area contributed by atoms with Gasteiger partial charge in [0.1, 0.15) is 17.6 Å². The van der Waals surface area contributed by atoms with Crippen molar-refractivity contribution in [3.8, 4) is 16.9 Å². The number of rotatable bonds is 1. The van der Waals surface area contributed by atoms with Crippen LogP contribution in [0.15, 0.2) is 64.0 Å². The Hall–Kier alpha value is -2.55. The molecule has 3 heteroatoms. The number of fused-ring (bicyclic) bond motifs is 1. The van der Waals surface area contributed by atoms with Crippen molar-refractivity contribution in [3.63, 3.8) is 0 Å². The number of phenols is 1. The molecule has 0 radical (unpaired) electrons. The predicted octanol–water partition coefficient (Wildman–Crippen LogP) is 4.19. The molecule has 0 amide bonds. The van der Waals surface area contributed by atoms with Crippen molar-refractivity contribution in [2.45, 2.75) is 13.8 Å². The second kappa shape index (κ2) is 6.06. The van der Waals surface area contributed by atoms with Crippen molar-refractivity contribution in [1.82, 2.24) is 0 Å². The minimum atomic E-state index is -0.0950. The Labute approximate surface area is 117 Å². The first-order valence-electron chi connectivity index (χ1n) is 6.55. The third-order valence-corrected chi connectivity index (χ3v) is 2.84. The highest BCUT2D eigenvalue weighted by Gasteiger charge is 2.08. The van der Waals surface area contributed by atoms with Gasteiger partial charge in [-0.15, -0.1) is 0 Å². The van der Waals surface area contributed by atoms with Gasteiger partial charge in [-0.2, -0.15) is 0 Å². The quantitative estimate of drug-likeness (QED) is 0.719. The molecule has 1 heterocycles. The SMILES string of the molecule is CC.O=c1c(-c2ccccc2)coc2cc(O)ccc12. The van der Waals surface area contributed by atoms with E-state index in [1.54, 1.807) is 6.07 Å². The van der Waals surface area contributed by atoms with Gasteiger partial charge in [0, 0.05) is 6.07 Å². The molecule has 0 aliphatic heterocycles. The molecule has 2 aromatic carbocycles. The van der Waals surface area contributed by atoms with Crippen molar-refractivity contribution in [1.29, 1.82) is 0 Å². The predicted molar refractivity (Wildman–Crippen MR) is 80.9 cm³/mol. The summed E-state index contributed by atoms with van der Waals surface area (Å²) in [5, 5.41) is 9.81. The fourth-order valence-electron chi connectivity index (χ4n) is 1.93. The highest BCUT2D eigenvalue weighted by Crippen LogP contribution is 2.22. The van der Waals surface area contributed by atoms with Crippen LogP contribution in [0.5, 0.6) is 5.75 Å². The van der Waals surface area contributed by atoms with Crippen LogP contribution in [-0.2, 0) is 0 Å². The molecule has 3 nitrogen and oxygen atoms in total. The van der Waals surface area contributed by atoms with Gasteiger partial charge in [0.05, 0.1) is 10.9 Å². The van der Waals surface area contributed by atoms with Crippen LogP contribution in [0.3, 0.4) is 0 Å². The zero-order chi connectivity index (χ0) is 14.5. The van der Waals surface area contributed by atoms with Gasteiger partial charge in [-0.25, -0.2) is 0 Å². The van der Waals surface area contributed by atoms with Crippen molar-refractivity contribution >= 4 is 11.0 Å². The molecule has 0 saturated carbocycles. The lowest BCUT2D eigenvalue weighted by Gasteiger charge is -2.02. The molecule has 0 bridgehead atoms. The molecule has 1 aromatic heterocycles. The van der Waals surface area contributed by atoms with Gasteiger partial charge >= 0.3 is 0 Å². The first-order chi connectivity index (χ1) is 9.75. The third kappa shape index (κ3) is 2.57. The first-order valence-corrected chi connectivity index (χ1v) is 6.55. The minimum Gasteiger partial charge on any atom is -0.508 e. The maximum absolute atomic E-state index is 12.3. The summed E-state index contributed by atoms with van der Waals surface area (Å²) in [5.41, 5.74) is 1.64. The lowest BCUT2D eigenvalue weighted by atomic mass is 10.1. The maximum atomic E-state index is 12.3. The zero-order valence-corrected chi connectivity index (χ0v) is 11.5. The van der Waals surface area contributed by atoms with Gasteiger partial charge in [-0.3, -0.25) is 4.79 Å². The van der Waals surface area contributed by atoms with Crippen LogP contribution in [0.2, 0.25) is 0 Å². The summed E-state index contributed by atoms with van der Waals surface area (Å²) in [4.78, 5) is 12.3. The Bertz CT molecular complexity index is 758. The van der Waals surface area contributed by atoms with Crippen LogP contribution in [0.4, 0.5) is 0 Å². The highest BCUT2D eigenvalue weighted by atomic mass is 16.3. The van der Waals surface area contributed by atoms with Gasteiger partial charge in [-0.05, 0) is 17.7 Å². The van der Waals surface area contributed by atoms with E-state index in [2.05, 4.69) is 0 Å². The summed E-state index contributed by atoms with van der Waals surface area (Å²) < 4.78 is 5.40. The van der Waals surface area contributed by atoms with E-state index in [0.29, 0.717) is 16.5 Å². The van der Waals surface area contributed by atoms with E-state index in [1.807, 2.05) is 44.2 Å². The zero-order valence-electron chi connectivity index (χ0n) is 11.5. The minimum absolute atomic E-state index is 0.0816. The second-order valence-electron chi connectivity index (χ2n) is 4.02. The molecular weight excluding hydrogens is 252 g/mol.